The van der Waals surface area contributed by atoms with Gasteiger partial charge in [-0.15, -0.1) is 0 Å². The van der Waals surface area contributed by atoms with Crippen LogP contribution in [0.25, 0.3) is 0 Å². The number of carbonyl (C=O) groups is 2. The molecule has 9 nitrogen and oxygen atoms in total. The standard InChI is InChI=1S/C29H31Cl2N3O6/c1-5-11-39-24-10-8-20(14-25(24)37-4)29(36)34-32-16-19-12-23(31)28(26(13-19)38-6-2)40-17-27(35)33-21-9-7-18(3)22(30)15-21/h7-10,12-16H,5-6,11,17H2,1-4H3,(H,33,35)(H,34,36)/b32-16+. The van der Waals surface area contributed by atoms with Gasteiger partial charge >= 0.3 is 0 Å². The van der Waals surface area contributed by atoms with Crippen LogP contribution in [-0.2, 0) is 4.79 Å². The molecule has 0 aliphatic rings. The third-order valence-corrected chi connectivity index (χ3v) is 6.09. The van der Waals surface area contributed by atoms with E-state index in [2.05, 4.69) is 15.8 Å². The van der Waals surface area contributed by atoms with Crippen molar-refractivity contribution in [3.63, 3.8) is 0 Å². The number of hydrogen-bond donors (Lipinski definition) is 2. The Labute approximate surface area is 243 Å². The van der Waals surface area contributed by atoms with Gasteiger partial charge in [-0.05, 0) is 73.9 Å². The number of halogens is 2. The molecule has 3 rings (SSSR count). The fourth-order valence-corrected chi connectivity index (χ4v) is 3.90. The van der Waals surface area contributed by atoms with E-state index >= 15 is 0 Å². The van der Waals surface area contributed by atoms with Crippen molar-refractivity contribution in [2.24, 2.45) is 5.10 Å². The molecule has 0 bridgehead atoms. The molecule has 0 heterocycles. The van der Waals surface area contributed by atoms with Crippen LogP contribution in [0.1, 0.15) is 41.8 Å². The van der Waals surface area contributed by atoms with E-state index in [1.54, 1.807) is 49.4 Å². The molecule has 3 aromatic carbocycles. The van der Waals surface area contributed by atoms with Gasteiger partial charge in [0.05, 0.1) is 31.6 Å². The average molecular weight is 588 g/mol. The number of rotatable bonds is 13. The van der Waals surface area contributed by atoms with Crippen molar-refractivity contribution in [1.82, 2.24) is 5.43 Å². The van der Waals surface area contributed by atoms with Crippen LogP contribution in [0.3, 0.4) is 0 Å². The van der Waals surface area contributed by atoms with Gasteiger partial charge < -0.3 is 24.3 Å². The zero-order valence-electron chi connectivity index (χ0n) is 22.7. The molecule has 0 aliphatic carbocycles. The Balaban J connectivity index is 1.65. The number of nitrogens with one attached hydrogen (secondary N) is 2. The minimum Gasteiger partial charge on any atom is -0.493 e. The molecular formula is C29H31Cl2N3O6. The molecule has 0 atom stereocenters. The SMILES string of the molecule is CCCOc1ccc(C(=O)N/N=C/c2cc(Cl)c(OCC(=O)Nc3ccc(C)c(Cl)c3)c(OCC)c2)cc1OC. The van der Waals surface area contributed by atoms with Gasteiger partial charge in [-0.3, -0.25) is 9.59 Å². The number of ether oxygens (including phenoxy) is 4. The van der Waals surface area contributed by atoms with Gasteiger partial charge in [0, 0.05) is 16.3 Å². The van der Waals surface area contributed by atoms with Crippen molar-refractivity contribution in [2.75, 3.05) is 32.2 Å². The number of hydrazone groups is 1. The molecule has 2 amide bonds. The second kappa shape index (κ2) is 15.0. The second-order valence-electron chi connectivity index (χ2n) is 8.48. The van der Waals surface area contributed by atoms with E-state index in [1.807, 2.05) is 19.9 Å². The number of hydrogen-bond acceptors (Lipinski definition) is 7. The zero-order chi connectivity index (χ0) is 29.1. The molecule has 11 heteroatoms. The lowest BCUT2D eigenvalue weighted by Gasteiger charge is -2.14. The van der Waals surface area contributed by atoms with E-state index in [0.29, 0.717) is 52.3 Å². The van der Waals surface area contributed by atoms with Crippen molar-refractivity contribution in [3.8, 4) is 23.0 Å². The minimum atomic E-state index is -0.437. The smallest absolute Gasteiger partial charge is 0.271 e. The Hall–Kier alpha value is -3.95. The maximum Gasteiger partial charge on any atom is 0.271 e. The fourth-order valence-electron chi connectivity index (χ4n) is 3.44. The number of nitrogens with zero attached hydrogens (tertiary/aromatic N) is 1. The van der Waals surface area contributed by atoms with Gasteiger partial charge in [0.2, 0.25) is 0 Å². The lowest BCUT2D eigenvalue weighted by Crippen LogP contribution is -2.20. The molecule has 0 aromatic heterocycles. The molecule has 2 N–H and O–H groups in total. The van der Waals surface area contributed by atoms with Gasteiger partial charge in [-0.1, -0.05) is 36.2 Å². The van der Waals surface area contributed by atoms with Crippen molar-refractivity contribution >= 4 is 46.9 Å². The summed E-state index contributed by atoms with van der Waals surface area (Å²) in [5.41, 5.74) is 4.82. The summed E-state index contributed by atoms with van der Waals surface area (Å²) in [6.07, 6.45) is 2.27. The molecule has 0 aliphatic heterocycles. The predicted octanol–water partition coefficient (Wildman–Crippen LogP) is 6.28. The van der Waals surface area contributed by atoms with Crippen molar-refractivity contribution in [1.29, 1.82) is 0 Å². The summed E-state index contributed by atoms with van der Waals surface area (Å²) < 4.78 is 22.3. The topological polar surface area (TPSA) is 107 Å². The van der Waals surface area contributed by atoms with E-state index < -0.39 is 11.8 Å². The zero-order valence-corrected chi connectivity index (χ0v) is 24.2. The number of carbonyl (C=O) groups excluding carboxylic acids is 2. The lowest BCUT2D eigenvalue weighted by atomic mass is 10.2. The summed E-state index contributed by atoms with van der Waals surface area (Å²) in [6.45, 7) is 6.24. The fraction of sp³-hybridized carbons (Fsp3) is 0.276. The maximum atomic E-state index is 12.6. The van der Waals surface area contributed by atoms with Crippen molar-refractivity contribution < 1.29 is 28.5 Å². The average Bonchev–Trinajstić information content (AvgIpc) is 2.93. The maximum absolute atomic E-state index is 12.6. The van der Waals surface area contributed by atoms with E-state index in [9.17, 15) is 9.59 Å². The van der Waals surface area contributed by atoms with E-state index in [0.717, 1.165) is 12.0 Å². The summed E-state index contributed by atoms with van der Waals surface area (Å²) >= 11 is 12.6. The summed E-state index contributed by atoms with van der Waals surface area (Å²) in [4.78, 5) is 25.0. The molecule has 0 fully saturated rings. The molecular weight excluding hydrogens is 557 g/mol. The molecule has 0 spiro atoms. The highest BCUT2D eigenvalue weighted by Gasteiger charge is 2.15. The lowest BCUT2D eigenvalue weighted by molar-refractivity contribution is -0.118. The van der Waals surface area contributed by atoms with Crippen LogP contribution in [0.15, 0.2) is 53.6 Å². The second-order valence-corrected chi connectivity index (χ2v) is 9.29. The normalized spacial score (nSPS) is 10.8. The Morgan fingerprint density at radius 1 is 0.925 bits per heavy atom. The Bertz CT molecular complexity index is 1380. The molecule has 40 heavy (non-hydrogen) atoms. The highest BCUT2D eigenvalue weighted by molar-refractivity contribution is 6.32. The van der Waals surface area contributed by atoms with Crippen LogP contribution in [0.5, 0.6) is 23.0 Å². The van der Waals surface area contributed by atoms with Crippen LogP contribution >= 0.6 is 23.2 Å². The Morgan fingerprint density at radius 2 is 1.73 bits per heavy atom. The number of methoxy groups -OCH3 is 1. The van der Waals surface area contributed by atoms with Gasteiger partial charge in [0.15, 0.2) is 29.6 Å². The van der Waals surface area contributed by atoms with Crippen LogP contribution in [0.4, 0.5) is 5.69 Å². The van der Waals surface area contributed by atoms with Gasteiger partial charge in [-0.25, -0.2) is 5.43 Å². The number of anilines is 1. The first-order chi connectivity index (χ1) is 19.2. The number of amides is 2. The van der Waals surface area contributed by atoms with E-state index in [-0.39, 0.29) is 17.4 Å². The summed E-state index contributed by atoms with van der Waals surface area (Å²) in [7, 11) is 1.51. The monoisotopic (exact) mass is 587 g/mol. The van der Waals surface area contributed by atoms with Crippen LogP contribution in [0.2, 0.25) is 10.0 Å². The van der Waals surface area contributed by atoms with Crippen molar-refractivity contribution in [2.45, 2.75) is 27.2 Å². The van der Waals surface area contributed by atoms with Gasteiger partial charge in [0.25, 0.3) is 11.8 Å². The molecule has 0 saturated carbocycles. The largest absolute Gasteiger partial charge is 0.493 e. The quantitative estimate of drug-likeness (QED) is 0.180. The molecule has 212 valence electrons. The third-order valence-electron chi connectivity index (χ3n) is 5.40. The highest BCUT2D eigenvalue weighted by atomic mass is 35.5. The third kappa shape index (κ3) is 8.53. The number of benzene rings is 3. The summed E-state index contributed by atoms with van der Waals surface area (Å²) in [5, 5.41) is 7.50. The molecule has 3 aromatic rings. The number of aryl methyl sites for hydroxylation is 1. The first-order valence-corrected chi connectivity index (χ1v) is 13.3. The first-order valence-electron chi connectivity index (χ1n) is 12.5. The van der Waals surface area contributed by atoms with Gasteiger partial charge in [-0.2, -0.15) is 5.10 Å². The first kappa shape index (κ1) is 30.6. The van der Waals surface area contributed by atoms with Crippen molar-refractivity contribution in [3.05, 3.63) is 75.3 Å². The van der Waals surface area contributed by atoms with E-state index in [1.165, 1.54) is 13.3 Å². The van der Waals surface area contributed by atoms with Crippen LogP contribution in [-0.4, -0.2) is 45.0 Å². The highest BCUT2D eigenvalue weighted by Crippen LogP contribution is 2.36. The Kier molecular flexibility index (Phi) is 11.5. The van der Waals surface area contributed by atoms with E-state index in [4.69, 9.17) is 42.1 Å². The van der Waals surface area contributed by atoms with Gasteiger partial charge in [0.1, 0.15) is 0 Å². The summed E-state index contributed by atoms with van der Waals surface area (Å²) in [6, 6.07) is 13.3. The Morgan fingerprint density at radius 3 is 2.42 bits per heavy atom. The minimum absolute atomic E-state index is 0.206. The van der Waals surface area contributed by atoms with Crippen LogP contribution in [0, 0.1) is 6.92 Å². The van der Waals surface area contributed by atoms with Crippen LogP contribution < -0.4 is 29.7 Å². The molecule has 0 saturated heterocycles. The molecule has 0 radical (unpaired) electrons. The summed E-state index contributed by atoms with van der Waals surface area (Å²) in [5.74, 6) is 0.703. The predicted molar refractivity (Wildman–Crippen MR) is 157 cm³/mol. The molecule has 0 unspecified atom stereocenters.